The van der Waals surface area contributed by atoms with E-state index < -0.39 is 60.1 Å². The molecule has 1 aromatic rings. The molecule has 0 saturated carbocycles. The van der Waals surface area contributed by atoms with Gasteiger partial charge < -0.3 is 15.9 Å². The minimum atomic E-state index is -5.08. The van der Waals surface area contributed by atoms with Gasteiger partial charge in [0.15, 0.2) is 0 Å². The molecule has 12 nitrogen and oxygen atoms in total. The average molecular weight is 605 g/mol. The highest BCUT2D eigenvalue weighted by atomic mass is 19.4. The maximum Gasteiger partial charge on any atom is 0.490 e. The molecule has 0 fully saturated rings. The number of hydrazine groups is 1. The normalized spacial score (nSPS) is 13.5. The standard InChI is InChI=1S/C25H38N4O6.C2HF3O2/c1-16(2)13-20(19(24(33)28-35)12-8-11-18-9-6-5-7-10-18)23(32)27-29(15-17(3)4)25(34)21(26)14-22(30)31;3-2(4,5)1(6)7/h5-11,16-17,19-21,35H,12-15,26H2,1-4H3,(H,27,32)(H,28,33)(H,30,31);(H,6,7)/b11-8+;/t19-,20+,21+;/m0./s1. The van der Waals surface area contributed by atoms with Crippen LogP contribution in [0.3, 0.4) is 0 Å². The SMILES string of the molecule is CC(C)C[C@@H](C(=O)NN(CC(C)C)C(=O)[C@H](N)CC(=O)O)[C@H](C/C=C/c1ccccc1)C(=O)NO.O=C(O)C(F)(F)F. The molecule has 0 aliphatic rings. The van der Waals surface area contributed by atoms with E-state index in [1.807, 2.05) is 64.1 Å². The van der Waals surface area contributed by atoms with E-state index in [1.165, 1.54) is 0 Å². The van der Waals surface area contributed by atoms with Crippen LogP contribution in [0, 0.1) is 23.7 Å². The Labute approximate surface area is 241 Å². The van der Waals surface area contributed by atoms with Gasteiger partial charge in [-0.1, -0.05) is 70.2 Å². The number of hydroxylamine groups is 1. The lowest BCUT2D eigenvalue weighted by molar-refractivity contribution is -0.192. The second-order valence-electron chi connectivity index (χ2n) is 10.2. The van der Waals surface area contributed by atoms with Crippen molar-refractivity contribution in [2.45, 2.75) is 59.2 Å². The summed E-state index contributed by atoms with van der Waals surface area (Å²) in [6.45, 7) is 7.56. The Morgan fingerprint density at radius 2 is 1.50 bits per heavy atom. The Balaban J connectivity index is 0.00000212. The third-order valence-corrected chi connectivity index (χ3v) is 5.51. The molecule has 0 heterocycles. The predicted octanol–water partition coefficient (Wildman–Crippen LogP) is 2.82. The van der Waals surface area contributed by atoms with Gasteiger partial charge in [0.25, 0.3) is 5.91 Å². The van der Waals surface area contributed by atoms with Gasteiger partial charge in [-0.15, -0.1) is 0 Å². The van der Waals surface area contributed by atoms with Crippen LogP contribution in [0.2, 0.25) is 0 Å². The van der Waals surface area contributed by atoms with Gasteiger partial charge in [-0.2, -0.15) is 13.2 Å². The van der Waals surface area contributed by atoms with Crippen molar-refractivity contribution in [2.75, 3.05) is 6.54 Å². The van der Waals surface area contributed by atoms with Crippen molar-refractivity contribution in [1.82, 2.24) is 15.9 Å². The zero-order chi connectivity index (χ0) is 32.6. The molecule has 0 radical (unpaired) electrons. The Bertz CT molecular complexity index is 1070. The van der Waals surface area contributed by atoms with Crippen LogP contribution in [-0.2, 0) is 24.0 Å². The summed E-state index contributed by atoms with van der Waals surface area (Å²) >= 11 is 0. The highest BCUT2D eigenvalue weighted by molar-refractivity contribution is 5.91. The molecule has 7 N–H and O–H groups in total. The topological polar surface area (TPSA) is 199 Å². The van der Waals surface area contributed by atoms with Gasteiger partial charge in [-0.25, -0.2) is 10.3 Å². The number of carboxylic acid groups (broad SMARTS) is 2. The van der Waals surface area contributed by atoms with Crippen molar-refractivity contribution in [1.29, 1.82) is 0 Å². The van der Waals surface area contributed by atoms with Gasteiger partial charge in [0.1, 0.15) is 0 Å². The molecule has 0 unspecified atom stereocenters. The van der Waals surface area contributed by atoms with Crippen molar-refractivity contribution in [2.24, 2.45) is 29.4 Å². The van der Waals surface area contributed by atoms with Crippen LogP contribution >= 0.6 is 0 Å². The summed E-state index contributed by atoms with van der Waals surface area (Å²) in [5, 5.41) is 26.5. The molecule has 1 rings (SSSR count). The molecule has 3 amide bonds. The first-order chi connectivity index (χ1) is 19.4. The molecule has 236 valence electrons. The van der Waals surface area contributed by atoms with Crippen molar-refractivity contribution >= 4 is 35.7 Å². The van der Waals surface area contributed by atoms with Crippen LogP contribution in [0.4, 0.5) is 13.2 Å². The van der Waals surface area contributed by atoms with Gasteiger partial charge in [0.05, 0.1) is 24.3 Å². The minimum absolute atomic E-state index is 0.0290. The molecule has 42 heavy (non-hydrogen) atoms. The van der Waals surface area contributed by atoms with Gasteiger partial charge in [-0.05, 0) is 30.2 Å². The molecule has 1 aromatic carbocycles. The number of nitrogens with zero attached hydrogens (tertiary/aromatic N) is 1. The van der Waals surface area contributed by atoms with E-state index in [0.717, 1.165) is 10.6 Å². The molecule has 0 aromatic heterocycles. The van der Waals surface area contributed by atoms with Gasteiger partial charge >= 0.3 is 18.1 Å². The maximum absolute atomic E-state index is 13.4. The second-order valence-corrected chi connectivity index (χ2v) is 10.2. The summed E-state index contributed by atoms with van der Waals surface area (Å²) in [4.78, 5) is 58.6. The highest BCUT2D eigenvalue weighted by Gasteiger charge is 2.38. The summed E-state index contributed by atoms with van der Waals surface area (Å²) in [7, 11) is 0. The number of alkyl halides is 3. The average Bonchev–Trinajstić information content (AvgIpc) is 2.88. The number of benzene rings is 1. The quantitative estimate of drug-likeness (QED) is 0.145. The van der Waals surface area contributed by atoms with Crippen LogP contribution in [0.1, 0.15) is 52.5 Å². The third kappa shape index (κ3) is 15.1. The lowest BCUT2D eigenvalue weighted by Crippen LogP contribution is -2.56. The number of aliphatic carboxylic acids is 2. The molecule has 0 saturated heterocycles. The fraction of sp³-hybridized carbons (Fsp3) is 0.519. The fourth-order valence-electron chi connectivity index (χ4n) is 3.66. The molecular formula is C27H39F3N4O8. The van der Waals surface area contributed by atoms with E-state index in [1.54, 1.807) is 11.6 Å². The lowest BCUT2D eigenvalue weighted by Gasteiger charge is -2.31. The first-order valence-electron chi connectivity index (χ1n) is 12.9. The van der Waals surface area contributed by atoms with E-state index in [0.29, 0.717) is 6.42 Å². The molecule has 15 heteroatoms. The zero-order valence-corrected chi connectivity index (χ0v) is 23.8. The number of nitrogens with two attached hydrogens (primary N) is 1. The van der Waals surface area contributed by atoms with Crippen molar-refractivity contribution in [3.63, 3.8) is 0 Å². The van der Waals surface area contributed by atoms with Crippen LogP contribution < -0.4 is 16.6 Å². The number of rotatable bonds is 13. The van der Waals surface area contributed by atoms with E-state index in [2.05, 4.69) is 5.43 Å². The number of halogens is 3. The van der Waals surface area contributed by atoms with Gasteiger partial charge in [-0.3, -0.25) is 34.8 Å². The first kappa shape index (κ1) is 38.0. The largest absolute Gasteiger partial charge is 0.490 e. The van der Waals surface area contributed by atoms with E-state index >= 15 is 0 Å². The molecular weight excluding hydrogens is 565 g/mol. The second kappa shape index (κ2) is 18.5. The minimum Gasteiger partial charge on any atom is -0.481 e. The number of amides is 3. The van der Waals surface area contributed by atoms with E-state index in [4.69, 9.17) is 20.7 Å². The Morgan fingerprint density at radius 3 is 1.93 bits per heavy atom. The summed E-state index contributed by atoms with van der Waals surface area (Å²) in [5.41, 5.74) is 10.9. The lowest BCUT2D eigenvalue weighted by atomic mass is 9.82. The smallest absolute Gasteiger partial charge is 0.481 e. The van der Waals surface area contributed by atoms with Crippen LogP contribution in [0.25, 0.3) is 6.08 Å². The number of hydrogen-bond acceptors (Lipinski definition) is 7. The number of nitrogens with one attached hydrogen (secondary N) is 2. The van der Waals surface area contributed by atoms with Crippen molar-refractivity contribution < 1.29 is 52.6 Å². The predicted molar refractivity (Wildman–Crippen MR) is 145 cm³/mol. The van der Waals surface area contributed by atoms with Gasteiger partial charge in [0, 0.05) is 6.54 Å². The number of hydrogen-bond donors (Lipinski definition) is 6. The number of carboxylic acids is 2. The first-order valence-corrected chi connectivity index (χ1v) is 12.9. The fourth-order valence-corrected chi connectivity index (χ4v) is 3.66. The molecule has 0 aliphatic heterocycles. The van der Waals surface area contributed by atoms with Crippen molar-refractivity contribution in [3.05, 3.63) is 42.0 Å². The Hall–Kier alpha value is -3.98. The maximum atomic E-state index is 13.4. The van der Waals surface area contributed by atoms with Crippen molar-refractivity contribution in [3.8, 4) is 0 Å². The van der Waals surface area contributed by atoms with Gasteiger partial charge in [0.2, 0.25) is 11.8 Å². The zero-order valence-electron chi connectivity index (χ0n) is 23.8. The Morgan fingerprint density at radius 1 is 0.952 bits per heavy atom. The summed E-state index contributed by atoms with van der Waals surface area (Å²) in [5.74, 6) is -7.83. The number of allylic oxidation sites excluding steroid dienone is 1. The van der Waals surface area contributed by atoms with E-state index in [-0.39, 0.29) is 24.8 Å². The third-order valence-electron chi connectivity index (χ3n) is 5.51. The molecule has 0 bridgehead atoms. The summed E-state index contributed by atoms with van der Waals surface area (Å²) in [6.07, 6.45) is -1.60. The summed E-state index contributed by atoms with van der Waals surface area (Å²) < 4.78 is 31.7. The molecule has 0 aliphatic carbocycles. The molecule has 3 atom stereocenters. The number of carbonyl (C=O) groups excluding carboxylic acids is 3. The Kier molecular flexibility index (Phi) is 16.7. The van der Waals surface area contributed by atoms with Crippen LogP contribution in [-0.4, -0.2) is 68.9 Å². The van der Waals surface area contributed by atoms with E-state index in [9.17, 15) is 37.6 Å². The van der Waals surface area contributed by atoms with Crippen LogP contribution in [0.15, 0.2) is 36.4 Å². The summed E-state index contributed by atoms with van der Waals surface area (Å²) in [6, 6.07) is 8.09. The molecule has 0 spiro atoms. The van der Waals surface area contributed by atoms with Crippen LogP contribution in [0.5, 0.6) is 0 Å². The number of carbonyl (C=O) groups is 5. The highest BCUT2D eigenvalue weighted by Crippen LogP contribution is 2.26. The monoisotopic (exact) mass is 604 g/mol.